The number of likely N-dealkylation sites (tertiary alicyclic amines) is 1. The van der Waals surface area contributed by atoms with Gasteiger partial charge in [0.25, 0.3) is 0 Å². The van der Waals surface area contributed by atoms with Crippen molar-refractivity contribution in [1.82, 2.24) is 4.90 Å². The molecule has 1 unspecified atom stereocenters. The van der Waals surface area contributed by atoms with E-state index in [1.807, 2.05) is 48.5 Å². The number of hydrogen-bond acceptors (Lipinski definition) is 3. The molecule has 0 aromatic heterocycles. The molecule has 2 heterocycles. The van der Waals surface area contributed by atoms with Crippen molar-refractivity contribution in [2.24, 2.45) is 5.92 Å². The van der Waals surface area contributed by atoms with E-state index in [1.165, 1.54) is 5.56 Å². The first-order chi connectivity index (χ1) is 13.1. The maximum Gasteiger partial charge on any atom is 0.244 e. The fraction of sp³-hybridized carbons (Fsp3) is 0.333. The van der Waals surface area contributed by atoms with Crippen molar-refractivity contribution >= 4 is 34.8 Å². The molecular weight excluding hydrogens is 362 g/mol. The summed E-state index contributed by atoms with van der Waals surface area (Å²) in [5.41, 5.74) is 2.68. The van der Waals surface area contributed by atoms with Gasteiger partial charge in [-0.1, -0.05) is 35.9 Å². The van der Waals surface area contributed by atoms with Crippen LogP contribution in [0.4, 0.5) is 11.4 Å². The van der Waals surface area contributed by atoms with Crippen molar-refractivity contribution < 1.29 is 9.59 Å². The Kier molecular flexibility index (Phi) is 5.14. The van der Waals surface area contributed by atoms with Gasteiger partial charge in [0.2, 0.25) is 11.8 Å². The van der Waals surface area contributed by atoms with E-state index in [9.17, 15) is 9.59 Å². The highest BCUT2D eigenvalue weighted by Crippen LogP contribution is 2.31. The lowest BCUT2D eigenvalue weighted by Crippen LogP contribution is -2.48. The lowest BCUT2D eigenvalue weighted by Gasteiger charge is -2.36. The molecule has 27 heavy (non-hydrogen) atoms. The molecule has 1 fully saturated rings. The number of rotatable bonds is 3. The van der Waals surface area contributed by atoms with Gasteiger partial charge in [-0.2, -0.15) is 0 Å². The summed E-state index contributed by atoms with van der Waals surface area (Å²) in [6.45, 7) is 2.58. The van der Waals surface area contributed by atoms with Crippen molar-refractivity contribution in [3.63, 3.8) is 0 Å². The van der Waals surface area contributed by atoms with Crippen LogP contribution >= 0.6 is 11.6 Å². The lowest BCUT2D eigenvalue weighted by molar-refractivity contribution is -0.126. The van der Waals surface area contributed by atoms with Crippen LogP contribution in [0.1, 0.15) is 18.4 Å². The van der Waals surface area contributed by atoms with E-state index in [2.05, 4.69) is 10.2 Å². The second-order valence-electron chi connectivity index (χ2n) is 7.19. The summed E-state index contributed by atoms with van der Waals surface area (Å²) in [5, 5.41) is 3.57. The summed E-state index contributed by atoms with van der Waals surface area (Å²) in [4.78, 5) is 29.2. The van der Waals surface area contributed by atoms with Crippen molar-refractivity contribution in [2.75, 3.05) is 29.9 Å². The van der Waals surface area contributed by atoms with Gasteiger partial charge >= 0.3 is 0 Å². The average Bonchev–Trinajstić information content (AvgIpc) is 2.69. The van der Waals surface area contributed by atoms with E-state index < -0.39 is 0 Å². The highest BCUT2D eigenvalue weighted by atomic mass is 35.5. The molecule has 140 valence electrons. The molecule has 0 aliphatic carbocycles. The third kappa shape index (κ3) is 3.99. The van der Waals surface area contributed by atoms with E-state index >= 15 is 0 Å². The molecule has 1 saturated heterocycles. The zero-order valence-electron chi connectivity index (χ0n) is 15.0. The molecule has 2 aromatic carbocycles. The van der Waals surface area contributed by atoms with Crippen LogP contribution in [0.25, 0.3) is 0 Å². The van der Waals surface area contributed by atoms with Crippen LogP contribution in [-0.4, -0.2) is 36.3 Å². The molecule has 5 nitrogen and oxygen atoms in total. The van der Waals surface area contributed by atoms with Gasteiger partial charge < -0.3 is 10.2 Å². The molecule has 6 heteroatoms. The predicted molar refractivity (Wildman–Crippen MR) is 107 cm³/mol. The van der Waals surface area contributed by atoms with E-state index in [-0.39, 0.29) is 24.3 Å². The minimum atomic E-state index is -0.143. The Morgan fingerprint density at radius 1 is 1.15 bits per heavy atom. The summed E-state index contributed by atoms with van der Waals surface area (Å²) >= 11 is 5.96. The van der Waals surface area contributed by atoms with E-state index in [0.717, 1.165) is 36.6 Å². The number of fused-ring (bicyclic) bond motifs is 1. The van der Waals surface area contributed by atoms with Gasteiger partial charge in [0.1, 0.15) is 6.54 Å². The number of benzene rings is 2. The quantitative estimate of drug-likeness (QED) is 0.882. The van der Waals surface area contributed by atoms with E-state index in [0.29, 0.717) is 12.2 Å². The number of piperidine rings is 1. The smallest absolute Gasteiger partial charge is 0.244 e. The number of carbonyl (C=O) groups is 2. The van der Waals surface area contributed by atoms with Gasteiger partial charge in [-0.15, -0.1) is 0 Å². The first-order valence-electron chi connectivity index (χ1n) is 9.27. The van der Waals surface area contributed by atoms with Crippen LogP contribution < -0.4 is 10.2 Å². The third-order valence-electron chi connectivity index (χ3n) is 5.21. The molecule has 1 N–H and O–H groups in total. The zero-order chi connectivity index (χ0) is 18.8. The maximum atomic E-state index is 13.2. The van der Waals surface area contributed by atoms with Gasteiger partial charge in [0.05, 0.1) is 17.3 Å². The molecular formula is C21H22ClN3O2. The Balaban J connectivity index is 1.47. The Hall–Kier alpha value is -2.37. The minimum Gasteiger partial charge on any atom is -0.323 e. The number of amides is 2. The number of nitrogens with one attached hydrogen (secondary N) is 1. The van der Waals surface area contributed by atoms with Gasteiger partial charge in [-0.3, -0.25) is 14.5 Å². The first kappa shape index (κ1) is 18.0. The number of halogens is 1. The molecule has 0 radical (unpaired) electrons. The van der Waals surface area contributed by atoms with Crippen molar-refractivity contribution in [3.05, 3.63) is 59.1 Å². The topological polar surface area (TPSA) is 52.7 Å². The maximum absolute atomic E-state index is 13.2. The molecule has 4 rings (SSSR count). The van der Waals surface area contributed by atoms with Crippen LogP contribution in [0.5, 0.6) is 0 Å². The van der Waals surface area contributed by atoms with Crippen molar-refractivity contribution in [1.29, 1.82) is 0 Å². The van der Waals surface area contributed by atoms with Crippen LogP contribution in [-0.2, 0) is 16.1 Å². The fourth-order valence-electron chi connectivity index (χ4n) is 3.90. The Morgan fingerprint density at radius 2 is 1.93 bits per heavy atom. The molecule has 0 saturated carbocycles. The van der Waals surface area contributed by atoms with E-state index in [1.54, 1.807) is 4.90 Å². The Labute approximate surface area is 163 Å². The summed E-state index contributed by atoms with van der Waals surface area (Å²) < 4.78 is 0. The summed E-state index contributed by atoms with van der Waals surface area (Å²) in [7, 11) is 0. The Bertz CT molecular complexity index is 853. The van der Waals surface area contributed by atoms with Gasteiger partial charge in [0, 0.05) is 18.1 Å². The molecule has 1 atom stereocenters. The SMILES string of the molecule is O=C1CN(C(=O)C2CCCN(Cc3ccc(Cl)cc3)C2)c2ccccc2N1. The normalized spacial score (nSPS) is 20.1. The van der Waals surface area contributed by atoms with Gasteiger partial charge in [0.15, 0.2) is 0 Å². The number of carbonyl (C=O) groups excluding carboxylic acids is 2. The largest absolute Gasteiger partial charge is 0.323 e. The summed E-state index contributed by atoms with van der Waals surface area (Å²) in [6.07, 6.45) is 1.84. The molecule has 2 aliphatic rings. The second kappa shape index (κ2) is 7.71. The van der Waals surface area contributed by atoms with Crippen LogP contribution in [0.2, 0.25) is 5.02 Å². The monoisotopic (exact) mass is 383 g/mol. The molecule has 2 aromatic rings. The second-order valence-corrected chi connectivity index (χ2v) is 7.63. The van der Waals surface area contributed by atoms with Crippen LogP contribution in [0.3, 0.4) is 0 Å². The molecule has 2 amide bonds. The number of hydrogen-bond donors (Lipinski definition) is 1. The lowest BCUT2D eigenvalue weighted by atomic mass is 9.95. The molecule has 2 aliphatic heterocycles. The minimum absolute atomic E-state index is 0.0399. The fourth-order valence-corrected chi connectivity index (χ4v) is 4.02. The van der Waals surface area contributed by atoms with E-state index in [4.69, 9.17) is 11.6 Å². The standard InChI is InChI=1S/C21H22ClN3O2/c22-17-9-7-15(8-10-17)12-24-11-3-4-16(13-24)21(27)25-14-20(26)23-18-5-1-2-6-19(18)25/h1-2,5-10,16H,3-4,11-14H2,(H,23,26). The zero-order valence-corrected chi connectivity index (χ0v) is 15.8. The van der Waals surface area contributed by atoms with Crippen LogP contribution in [0.15, 0.2) is 48.5 Å². The van der Waals surface area contributed by atoms with Crippen molar-refractivity contribution in [3.8, 4) is 0 Å². The van der Waals surface area contributed by atoms with Gasteiger partial charge in [-0.05, 0) is 49.2 Å². The van der Waals surface area contributed by atoms with Gasteiger partial charge in [-0.25, -0.2) is 0 Å². The average molecular weight is 384 g/mol. The Morgan fingerprint density at radius 3 is 2.74 bits per heavy atom. The summed E-state index contributed by atoms with van der Waals surface area (Å²) in [6, 6.07) is 15.3. The number of nitrogens with zero attached hydrogens (tertiary/aromatic N) is 2. The summed E-state index contributed by atoms with van der Waals surface area (Å²) in [5.74, 6) is -0.195. The molecule has 0 spiro atoms. The third-order valence-corrected chi connectivity index (χ3v) is 5.46. The highest BCUT2D eigenvalue weighted by molar-refractivity contribution is 6.30. The first-order valence-corrected chi connectivity index (χ1v) is 9.65. The number of para-hydroxylation sites is 2. The highest BCUT2D eigenvalue weighted by Gasteiger charge is 2.33. The van der Waals surface area contributed by atoms with Crippen molar-refractivity contribution in [2.45, 2.75) is 19.4 Å². The number of anilines is 2. The van der Waals surface area contributed by atoms with Crippen LogP contribution in [0, 0.1) is 5.92 Å². The predicted octanol–water partition coefficient (Wildman–Crippen LogP) is 3.54. The molecule has 0 bridgehead atoms.